The normalized spacial score (nSPS) is 26.4. The molecule has 2 aromatic heterocycles. The summed E-state index contributed by atoms with van der Waals surface area (Å²) in [6, 6.07) is 10.9. The molecule has 1 aromatic carbocycles. The number of rotatable bonds is 6. The number of hydrogen-bond donors (Lipinski definition) is 1. The minimum absolute atomic E-state index is 0.0436. The Morgan fingerprint density at radius 3 is 2.46 bits per heavy atom. The zero-order valence-corrected chi connectivity index (χ0v) is 23.0. The zero-order valence-electron chi connectivity index (χ0n) is 23.0. The fraction of sp³-hybridized carbons (Fsp3) is 0.552. The molecule has 5 heterocycles. The molecule has 0 radical (unpaired) electrons. The van der Waals surface area contributed by atoms with E-state index in [2.05, 4.69) is 0 Å². The molecule has 3 aliphatic rings. The molecule has 208 valence electrons. The van der Waals surface area contributed by atoms with Crippen LogP contribution in [0.2, 0.25) is 0 Å². The van der Waals surface area contributed by atoms with Crippen molar-refractivity contribution < 1.29 is 33.0 Å². The summed E-state index contributed by atoms with van der Waals surface area (Å²) in [4.78, 5) is 4.74. The Morgan fingerprint density at radius 1 is 1.08 bits per heavy atom. The molecule has 6 rings (SSSR count). The smallest absolute Gasteiger partial charge is 0.473 e. The van der Waals surface area contributed by atoms with Gasteiger partial charge in [-0.05, 0) is 52.4 Å². The van der Waals surface area contributed by atoms with E-state index >= 15 is 4.39 Å². The van der Waals surface area contributed by atoms with Crippen LogP contribution < -0.4 is 10.2 Å². The highest BCUT2D eigenvalue weighted by atomic mass is 19.1. The lowest BCUT2D eigenvalue weighted by atomic mass is 9.79. The van der Waals surface area contributed by atoms with E-state index in [4.69, 9.17) is 28.5 Å². The monoisotopic (exact) mass is 538 g/mol. The molecule has 0 saturated carbocycles. The predicted octanol–water partition coefficient (Wildman–Crippen LogP) is 4.37. The number of pyridine rings is 1. The van der Waals surface area contributed by atoms with Gasteiger partial charge in [0.05, 0.1) is 41.6 Å². The number of aliphatic hydroxyl groups is 1. The lowest BCUT2D eigenvalue weighted by Crippen LogP contribution is -2.41. The lowest BCUT2D eigenvalue weighted by molar-refractivity contribution is -0.0350. The summed E-state index contributed by atoms with van der Waals surface area (Å²) < 4.78 is 47.8. The summed E-state index contributed by atoms with van der Waals surface area (Å²) in [7, 11) is -0.487. The van der Waals surface area contributed by atoms with Gasteiger partial charge in [-0.25, -0.2) is 9.37 Å². The van der Waals surface area contributed by atoms with Crippen LogP contribution in [-0.4, -0.2) is 65.0 Å². The molecule has 0 bridgehead atoms. The fourth-order valence-corrected chi connectivity index (χ4v) is 5.45. The van der Waals surface area contributed by atoms with Crippen molar-refractivity contribution in [3.63, 3.8) is 0 Å². The molecule has 2 unspecified atom stereocenters. The molecule has 0 aliphatic carbocycles. The molecule has 8 nitrogen and oxygen atoms in total. The van der Waals surface area contributed by atoms with Crippen molar-refractivity contribution in [3.05, 3.63) is 42.2 Å². The fourth-order valence-electron chi connectivity index (χ4n) is 5.45. The summed E-state index contributed by atoms with van der Waals surface area (Å²) in [6.45, 7) is 9.06. The average Bonchev–Trinajstić information content (AvgIpc) is 3.57. The van der Waals surface area contributed by atoms with Crippen LogP contribution in [0, 0.1) is 5.82 Å². The molecule has 3 aromatic rings. The van der Waals surface area contributed by atoms with E-state index in [0.717, 1.165) is 24.7 Å². The van der Waals surface area contributed by atoms with Gasteiger partial charge in [-0.1, -0.05) is 24.3 Å². The third kappa shape index (κ3) is 4.98. The van der Waals surface area contributed by atoms with Gasteiger partial charge < -0.3 is 28.6 Å². The third-order valence-corrected chi connectivity index (χ3v) is 8.43. The number of nitrogens with zero attached hydrogens (tertiary/aromatic N) is 2. The number of ether oxygens (including phenoxy) is 3. The summed E-state index contributed by atoms with van der Waals surface area (Å²) in [5.74, 6) is 0.154. The third-order valence-electron chi connectivity index (χ3n) is 8.43. The first-order valence-corrected chi connectivity index (χ1v) is 13.8. The van der Waals surface area contributed by atoms with Gasteiger partial charge in [0.1, 0.15) is 18.0 Å². The molecular weight excluding hydrogens is 502 g/mol. The Morgan fingerprint density at radius 2 is 1.82 bits per heavy atom. The Kier molecular flexibility index (Phi) is 6.96. The van der Waals surface area contributed by atoms with Crippen LogP contribution in [0.4, 0.5) is 4.39 Å². The maximum Gasteiger partial charge on any atom is 0.494 e. The average molecular weight is 538 g/mol. The number of hydrogen-bond acceptors (Lipinski definition) is 7. The number of halogens is 1. The van der Waals surface area contributed by atoms with Gasteiger partial charge in [0.2, 0.25) is 0 Å². The van der Waals surface area contributed by atoms with E-state index < -0.39 is 24.1 Å². The number of aromatic nitrogens is 2. The SMILES string of the molecule is CC1(C)OB(c2ccc(-c3nc4cc(O[C@@H]5COC(CO)C5)n(C5CCCCO5)c4cc3F)cc2)OC1(C)C. The highest BCUT2D eigenvalue weighted by Crippen LogP contribution is 2.38. The maximum atomic E-state index is 15.6. The van der Waals surface area contributed by atoms with Gasteiger partial charge in [0.25, 0.3) is 0 Å². The second-order valence-electron chi connectivity index (χ2n) is 11.7. The van der Waals surface area contributed by atoms with E-state index in [1.807, 2.05) is 62.6 Å². The Hall–Kier alpha value is -2.50. The molecule has 1 N–H and O–H groups in total. The minimum Gasteiger partial charge on any atom is -0.473 e. The van der Waals surface area contributed by atoms with Gasteiger partial charge in [0, 0.05) is 30.7 Å². The molecule has 39 heavy (non-hydrogen) atoms. The molecule has 3 fully saturated rings. The Bertz CT molecular complexity index is 1320. The Balaban J connectivity index is 1.32. The molecule has 0 amide bonds. The summed E-state index contributed by atoms with van der Waals surface area (Å²) in [5, 5.41) is 9.45. The number of aliphatic hydroxyl groups excluding tert-OH is 1. The highest BCUT2D eigenvalue weighted by molar-refractivity contribution is 6.62. The highest BCUT2D eigenvalue weighted by Gasteiger charge is 2.51. The quantitative estimate of drug-likeness (QED) is 0.467. The van der Waals surface area contributed by atoms with Crippen LogP contribution in [0.1, 0.15) is 59.6 Å². The molecule has 3 aliphatic heterocycles. The molecular formula is C29H36BFN2O6. The lowest BCUT2D eigenvalue weighted by Gasteiger charge is -2.32. The first kappa shape index (κ1) is 26.7. The standard InChI is InChI=1S/C29H36BFN2O6/c1-28(2)29(3,4)39-30(38-28)19-10-8-18(9-11-19)27-22(31)14-24-23(32-27)15-26(33(24)25-7-5-6-12-35-25)37-21-13-20(16-34)36-17-21/h8-11,14-15,20-21,25,34H,5-7,12-13,16-17H2,1-4H3/t20?,21-,25?/m0/s1. The molecule has 0 spiro atoms. The van der Waals surface area contributed by atoms with Gasteiger partial charge in [-0.15, -0.1) is 0 Å². The van der Waals surface area contributed by atoms with Gasteiger partial charge in [0.15, 0.2) is 11.7 Å². The van der Waals surface area contributed by atoms with Gasteiger partial charge in [-0.3, -0.25) is 4.57 Å². The van der Waals surface area contributed by atoms with Crippen LogP contribution in [-0.2, 0) is 18.8 Å². The van der Waals surface area contributed by atoms with E-state index in [1.165, 1.54) is 6.07 Å². The second kappa shape index (κ2) is 10.2. The van der Waals surface area contributed by atoms with Crippen LogP contribution in [0.15, 0.2) is 36.4 Å². The number of fused-ring (bicyclic) bond motifs is 1. The van der Waals surface area contributed by atoms with Gasteiger partial charge >= 0.3 is 7.12 Å². The first-order valence-electron chi connectivity index (χ1n) is 13.8. The minimum atomic E-state index is -0.487. The first-order chi connectivity index (χ1) is 18.6. The van der Waals surface area contributed by atoms with Crippen LogP contribution in [0.25, 0.3) is 22.3 Å². The zero-order chi connectivity index (χ0) is 27.4. The van der Waals surface area contributed by atoms with Crippen molar-refractivity contribution in [2.45, 2.75) is 83.0 Å². The van der Waals surface area contributed by atoms with E-state index in [1.54, 1.807) is 0 Å². The van der Waals surface area contributed by atoms with Crippen molar-refractivity contribution in [2.75, 3.05) is 19.8 Å². The Labute approximate surface area is 228 Å². The largest absolute Gasteiger partial charge is 0.494 e. The topological polar surface area (TPSA) is 84.2 Å². The van der Waals surface area contributed by atoms with Crippen LogP contribution >= 0.6 is 0 Å². The van der Waals surface area contributed by atoms with Crippen molar-refractivity contribution in [1.29, 1.82) is 0 Å². The molecule has 10 heteroatoms. The van der Waals surface area contributed by atoms with Crippen molar-refractivity contribution in [1.82, 2.24) is 9.55 Å². The molecule has 3 atom stereocenters. The van der Waals surface area contributed by atoms with E-state index in [9.17, 15) is 5.11 Å². The summed E-state index contributed by atoms with van der Waals surface area (Å²) in [5.41, 5.74) is 2.18. The summed E-state index contributed by atoms with van der Waals surface area (Å²) >= 11 is 0. The molecule has 3 saturated heterocycles. The van der Waals surface area contributed by atoms with Gasteiger partial charge in [-0.2, -0.15) is 0 Å². The van der Waals surface area contributed by atoms with Crippen LogP contribution in [0.3, 0.4) is 0 Å². The summed E-state index contributed by atoms with van der Waals surface area (Å²) in [6.07, 6.45) is 2.72. The number of benzene rings is 1. The van der Waals surface area contributed by atoms with E-state index in [-0.39, 0.29) is 30.7 Å². The maximum absolute atomic E-state index is 15.6. The van der Waals surface area contributed by atoms with Crippen molar-refractivity contribution >= 4 is 23.6 Å². The van der Waals surface area contributed by atoms with Crippen molar-refractivity contribution in [2.24, 2.45) is 0 Å². The van der Waals surface area contributed by atoms with Crippen molar-refractivity contribution in [3.8, 4) is 17.1 Å². The van der Waals surface area contributed by atoms with E-state index in [0.29, 0.717) is 42.1 Å². The predicted molar refractivity (Wildman–Crippen MR) is 146 cm³/mol. The van der Waals surface area contributed by atoms with Crippen LogP contribution in [0.5, 0.6) is 5.88 Å². The second-order valence-corrected chi connectivity index (χ2v) is 11.7.